The molecule has 1 aliphatic heterocycles. The minimum absolute atomic E-state index is 0.324. The van der Waals surface area contributed by atoms with Gasteiger partial charge < -0.3 is 15.7 Å². The number of aliphatic hydroxyl groups is 1. The molecule has 3 nitrogen and oxygen atoms in total. The molecule has 1 rings (SSSR count). The van der Waals surface area contributed by atoms with E-state index >= 15 is 0 Å². The van der Waals surface area contributed by atoms with Gasteiger partial charge in [-0.2, -0.15) is 0 Å². The van der Waals surface area contributed by atoms with Gasteiger partial charge in [-0.25, -0.2) is 0 Å². The summed E-state index contributed by atoms with van der Waals surface area (Å²) in [5.41, 5.74) is 5.74. The molecule has 0 aromatic heterocycles. The average Bonchev–Trinajstić information content (AvgIpc) is 2.21. The SMILES string of the molecule is CC1CCN(CCCCO)CC1CN. The Kier molecular flexibility index (Phi) is 5.45. The van der Waals surface area contributed by atoms with Crippen LogP contribution in [0.25, 0.3) is 0 Å². The van der Waals surface area contributed by atoms with Gasteiger partial charge in [0.05, 0.1) is 0 Å². The molecule has 0 aromatic carbocycles. The van der Waals surface area contributed by atoms with E-state index in [0.717, 1.165) is 38.4 Å². The van der Waals surface area contributed by atoms with Crippen molar-refractivity contribution in [2.24, 2.45) is 17.6 Å². The predicted molar refractivity (Wildman–Crippen MR) is 59.1 cm³/mol. The van der Waals surface area contributed by atoms with Crippen LogP contribution in [0, 0.1) is 11.8 Å². The van der Waals surface area contributed by atoms with Crippen molar-refractivity contribution in [3.63, 3.8) is 0 Å². The highest BCUT2D eigenvalue weighted by molar-refractivity contribution is 4.78. The van der Waals surface area contributed by atoms with Crippen molar-refractivity contribution < 1.29 is 5.11 Å². The van der Waals surface area contributed by atoms with Crippen LogP contribution in [0.5, 0.6) is 0 Å². The third kappa shape index (κ3) is 3.56. The van der Waals surface area contributed by atoms with Crippen LogP contribution in [-0.2, 0) is 0 Å². The largest absolute Gasteiger partial charge is 0.396 e. The zero-order valence-electron chi connectivity index (χ0n) is 9.28. The van der Waals surface area contributed by atoms with Gasteiger partial charge in [0.25, 0.3) is 0 Å². The van der Waals surface area contributed by atoms with E-state index in [4.69, 9.17) is 10.8 Å². The van der Waals surface area contributed by atoms with Gasteiger partial charge in [-0.3, -0.25) is 0 Å². The second-order valence-corrected chi connectivity index (χ2v) is 4.49. The van der Waals surface area contributed by atoms with E-state index in [1.807, 2.05) is 0 Å². The van der Waals surface area contributed by atoms with Gasteiger partial charge in [0, 0.05) is 13.2 Å². The molecule has 0 radical (unpaired) electrons. The maximum atomic E-state index is 8.70. The highest BCUT2D eigenvalue weighted by Crippen LogP contribution is 2.22. The molecule has 2 atom stereocenters. The van der Waals surface area contributed by atoms with E-state index in [2.05, 4.69) is 11.8 Å². The molecule has 1 fully saturated rings. The third-order valence-electron chi connectivity index (χ3n) is 3.38. The van der Waals surface area contributed by atoms with Crippen molar-refractivity contribution >= 4 is 0 Å². The average molecular weight is 200 g/mol. The molecule has 84 valence electrons. The maximum absolute atomic E-state index is 8.70. The first-order valence-electron chi connectivity index (χ1n) is 5.81. The lowest BCUT2D eigenvalue weighted by atomic mass is 9.87. The molecule has 1 aliphatic rings. The van der Waals surface area contributed by atoms with Gasteiger partial charge in [-0.1, -0.05) is 6.92 Å². The first-order chi connectivity index (χ1) is 6.77. The van der Waals surface area contributed by atoms with Crippen LogP contribution in [0.3, 0.4) is 0 Å². The molecule has 0 aliphatic carbocycles. The standard InChI is InChI=1S/C11H24N2O/c1-10-4-6-13(5-2-3-7-14)9-11(10)8-12/h10-11,14H,2-9,12H2,1H3. The van der Waals surface area contributed by atoms with Gasteiger partial charge >= 0.3 is 0 Å². The van der Waals surface area contributed by atoms with Crippen LogP contribution in [0.2, 0.25) is 0 Å². The first-order valence-corrected chi connectivity index (χ1v) is 5.81. The second kappa shape index (κ2) is 6.38. The van der Waals surface area contributed by atoms with E-state index in [1.54, 1.807) is 0 Å². The van der Waals surface area contributed by atoms with Crippen LogP contribution in [0.4, 0.5) is 0 Å². The lowest BCUT2D eigenvalue weighted by Crippen LogP contribution is -2.42. The Labute approximate surface area is 87.3 Å². The number of rotatable bonds is 5. The molecule has 3 N–H and O–H groups in total. The van der Waals surface area contributed by atoms with Gasteiger partial charge in [-0.15, -0.1) is 0 Å². The smallest absolute Gasteiger partial charge is 0.0431 e. The van der Waals surface area contributed by atoms with Crippen molar-refractivity contribution in [2.45, 2.75) is 26.2 Å². The first kappa shape index (κ1) is 12.0. The van der Waals surface area contributed by atoms with Gasteiger partial charge in [0.15, 0.2) is 0 Å². The second-order valence-electron chi connectivity index (χ2n) is 4.49. The normalized spacial score (nSPS) is 29.4. The number of likely N-dealkylation sites (tertiary alicyclic amines) is 1. The third-order valence-corrected chi connectivity index (χ3v) is 3.38. The highest BCUT2D eigenvalue weighted by atomic mass is 16.2. The maximum Gasteiger partial charge on any atom is 0.0431 e. The number of hydrogen-bond donors (Lipinski definition) is 2. The van der Waals surface area contributed by atoms with Gasteiger partial charge in [0.2, 0.25) is 0 Å². The number of hydrogen-bond acceptors (Lipinski definition) is 3. The molecule has 2 unspecified atom stereocenters. The summed E-state index contributed by atoms with van der Waals surface area (Å²) in [5, 5.41) is 8.70. The lowest BCUT2D eigenvalue weighted by Gasteiger charge is -2.36. The van der Waals surface area contributed by atoms with Crippen molar-refractivity contribution in [1.29, 1.82) is 0 Å². The van der Waals surface area contributed by atoms with E-state index in [-0.39, 0.29) is 0 Å². The molecule has 0 spiro atoms. The molecule has 3 heteroatoms. The summed E-state index contributed by atoms with van der Waals surface area (Å²) < 4.78 is 0. The van der Waals surface area contributed by atoms with E-state index < -0.39 is 0 Å². The lowest BCUT2D eigenvalue weighted by molar-refractivity contribution is 0.128. The number of nitrogens with zero attached hydrogens (tertiary/aromatic N) is 1. The Morgan fingerprint density at radius 3 is 2.86 bits per heavy atom. The van der Waals surface area contributed by atoms with Crippen LogP contribution < -0.4 is 5.73 Å². The van der Waals surface area contributed by atoms with Crippen LogP contribution in [0.15, 0.2) is 0 Å². The van der Waals surface area contributed by atoms with Gasteiger partial charge in [0.1, 0.15) is 0 Å². The molecule has 0 amide bonds. The number of aliphatic hydroxyl groups excluding tert-OH is 1. The fourth-order valence-corrected chi connectivity index (χ4v) is 2.18. The summed E-state index contributed by atoms with van der Waals surface area (Å²) in [7, 11) is 0. The quantitative estimate of drug-likeness (QED) is 0.642. The summed E-state index contributed by atoms with van der Waals surface area (Å²) in [4.78, 5) is 2.49. The summed E-state index contributed by atoms with van der Waals surface area (Å²) >= 11 is 0. The minimum atomic E-state index is 0.324. The zero-order valence-corrected chi connectivity index (χ0v) is 9.28. The summed E-state index contributed by atoms with van der Waals surface area (Å²) in [6, 6.07) is 0. The summed E-state index contributed by atoms with van der Waals surface area (Å²) in [5.74, 6) is 1.46. The fraction of sp³-hybridized carbons (Fsp3) is 1.00. The van der Waals surface area contributed by atoms with Gasteiger partial charge in [-0.05, 0) is 50.7 Å². The van der Waals surface area contributed by atoms with Crippen LogP contribution >= 0.6 is 0 Å². The topological polar surface area (TPSA) is 49.5 Å². The molecular formula is C11H24N2O. The predicted octanol–water partition coefficient (Wildman–Crippen LogP) is 0.676. The Morgan fingerprint density at radius 2 is 2.21 bits per heavy atom. The van der Waals surface area contributed by atoms with Crippen molar-refractivity contribution in [3.8, 4) is 0 Å². The molecule has 0 saturated carbocycles. The summed E-state index contributed by atoms with van der Waals surface area (Å²) in [6.45, 7) is 6.95. The van der Waals surface area contributed by atoms with Crippen molar-refractivity contribution in [2.75, 3.05) is 32.8 Å². The highest BCUT2D eigenvalue weighted by Gasteiger charge is 2.24. The molecular weight excluding hydrogens is 176 g/mol. The van der Waals surface area contributed by atoms with E-state index in [9.17, 15) is 0 Å². The van der Waals surface area contributed by atoms with Crippen LogP contribution in [0.1, 0.15) is 26.2 Å². The molecule has 0 bridgehead atoms. The monoisotopic (exact) mass is 200 g/mol. The Hall–Kier alpha value is -0.120. The Bertz CT molecular complexity index is 152. The number of nitrogens with two attached hydrogens (primary N) is 1. The van der Waals surface area contributed by atoms with E-state index in [0.29, 0.717) is 12.5 Å². The zero-order chi connectivity index (χ0) is 10.4. The fourth-order valence-electron chi connectivity index (χ4n) is 2.18. The number of unbranched alkanes of at least 4 members (excludes halogenated alkanes) is 1. The number of piperidine rings is 1. The molecule has 0 aromatic rings. The van der Waals surface area contributed by atoms with Crippen molar-refractivity contribution in [1.82, 2.24) is 4.90 Å². The molecule has 1 heterocycles. The summed E-state index contributed by atoms with van der Waals surface area (Å²) in [6.07, 6.45) is 3.32. The van der Waals surface area contributed by atoms with E-state index in [1.165, 1.54) is 13.0 Å². The van der Waals surface area contributed by atoms with Crippen molar-refractivity contribution in [3.05, 3.63) is 0 Å². The Morgan fingerprint density at radius 1 is 1.43 bits per heavy atom. The molecule has 1 saturated heterocycles. The van der Waals surface area contributed by atoms with Crippen LogP contribution in [-0.4, -0.2) is 42.8 Å². The Balaban J connectivity index is 2.21. The minimum Gasteiger partial charge on any atom is -0.396 e. The molecule has 14 heavy (non-hydrogen) atoms.